The molecule has 8 nitrogen and oxygen atoms in total. The number of carboxylic acids is 1. The van der Waals surface area contributed by atoms with Crippen molar-refractivity contribution in [2.45, 2.75) is 18.9 Å². The number of H-pyrrole nitrogens is 2. The molecule has 0 saturated carbocycles. The Morgan fingerprint density at radius 1 is 1.03 bits per heavy atom. The summed E-state index contributed by atoms with van der Waals surface area (Å²) in [5, 5.41) is 20.4. The van der Waals surface area contributed by atoms with Gasteiger partial charge in [0.2, 0.25) is 5.91 Å². The average molecular weight is 390 g/mol. The maximum absolute atomic E-state index is 12.5. The molecule has 4 N–H and O–H groups in total. The quantitative estimate of drug-likeness (QED) is 0.399. The number of aromatic nitrogens is 3. The van der Waals surface area contributed by atoms with Crippen LogP contribution in [0.4, 0.5) is 0 Å². The summed E-state index contributed by atoms with van der Waals surface area (Å²) in [6, 6.07) is 13.3. The Morgan fingerprint density at radius 2 is 1.72 bits per heavy atom. The van der Waals surface area contributed by atoms with Crippen LogP contribution >= 0.6 is 0 Å². The molecule has 2 aromatic heterocycles. The molecule has 0 aliphatic rings. The van der Waals surface area contributed by atoms with E-state index < -0.39 is 17.9 Å². The van der Waals surface area contributed by atoms with Crippen LogP contribution in [0.5, 0.6) is 0 Å². The highest BCUT2D eigenvalue weighted by atomic mass is 16.4. The highest BCUT2D eigenvalue weighted by Gasteiger charge is 2.22. The van der Waals surface area contributed by atoms with E-state index in [-0.39, 0.29) is 18.4 Å². The first-order valence-electron chi connectivity index (χ1n) is 9.06. The number of rotatable bonds is 6. The number of aliphatic carboxylic acids is 1. The van der Waals surface area contributed by atoms with E-state index in [2.05, 4.69) is 20.5 Å². The molecule has 0 radical (unpaired) electrons. The number of aromatic amines is 2. The SMILES string of the molecule is O=C(Cc1n[nH]c(=O)c2ccccc12)NC(Cc1c[nH]c2ccccc12)C(=O)O. The number of para-hydroxylation sites is 1. The van der Waals surface area contributed by atoms with Gasteiger partial charge in [0, 0.05) is 28.9 Å². The fourth-order valence-electron chi connectivity index (χ4n) is 3.42. The van der Waals surface area contributed by atoms with Gasteiger partial charge in [-0.15, -0.1) is 0 Å². The molecule has 0 bridgehead atoms. The molecule has 1 atom stereocenters. The summed E-state index contributed by atoms with van der Waals surface area (Å²) in [6.07, 6.45) is 1.75. The molecular weight excluding hydrogens is 372 g/mol. The Kier molecular flexibility index (Phi) is 4.82. The number of amides is 1. The van der Waals surface area contributed by atoms with Crippen LogP contribution in [0.3, 0.4) is 0 Å². The number of nitrogens with one attached hydrogen (secondary N) is 3. The minimum atomic E-state index is -1.12. The van der Waals surface area contributed by atoms with Crippen molar-refractivity contribution in [1.82, 2.24) is 20.5 Å². The van der Waals surface area contributed by atoms with Crippen LogP contribution in [-0.2, 0) is 22.4 Å². The Balaban J connectivity index is 1.54. The fraction of sp³-hybridized carbons (Fsp3) is 0.143. The van der Waals surface area contributed by atoms with Crippen molar-refractivity contribution < 1.29 is 14.7 Å². The van der Waals surface area contributed by atoms with Crippen LogP contribution in [-0.4, -0.2) is 38.2 Å². The van der Waals surface area contributed by atoms with Gasteiger partial charge in [-0.05, 0) is 17.7 Å². The van der Waals surface area contributed by atoms with E-state index in [1.807, 2.05) is 24.3 Å². The molecule has 0 fully saturated rings. The van der Waals surface area contributed by atoms with Crippen LogP contribution in [0.1, 0.15) is 11.3 Å². The van der Waals surface area contributed by atoms with Gasteiger partial charge in [-0.2, -0.15) is 5.10 Å². The first-order valence-corrected chi connectivity index (χ1v) is 9.06. The van der Waals surface area contributed by atoms with Crippen molar-refractivity contribution in [3.8, 4) is 0 Å². The molecule has 1 amide bonds. The van der Waals surface area contributed by atoms with E-state index in [1.54, 1.807) is 30.5 Å². The third kappa shape index (κ3) is 3.73. The van der Waals surface area contributed by atoms with Crippen LogP contribution < -0.4 is 10.9 Å². The molecule has 4 aromatic rings. The zero-order valence-corrected chi connectivity index (χ0v) is 15.3. The van der Waals surface area contributed by atoms with Crippen LogP contribution in [0.25, 0.3) is 21.7 Å². The molecule has 0 aliphatic heterocycles. The summed E-state index contributed by atoms with van der Waals surface area (Å²) in [7, 11) is 0. The van der Waals surface area contributed by atoms with E-state index in [0.717, 1.165) is 16.5 Å². The molecule has 1 unspecified atom stereocenters. The first kappa shape index (κ1) is 18.4. The minimum Gasteiger partial charge on any atom is -0.480 e. The third-order valence-corrected chi connectivity index (χ3v) is 4.84. The van der Waals surface area contributed by atoms with Gasteiger partial charge in [-0.1, -0.05) is 36.4 Å². The Hall–Kier alpha value is -3.94. The monoisotopic (exact) mass is 390 g/mol. The molecule has 2 aromatic carbocycles. The maximum Gasteiger partial charge on any atom is 0.326 e. The van der Waals surface area contributed by atoms with Crippen molar-refractivity contribution in [2.75, 3.05) is 0 Å². The smallest absolute Gasteiger partial charge is 0.326 e. The zero-order valence-electron chi connectivity index (χ0n) is 15.3. The Labute approximate surface area is 164 Å². The van der Waals surface area contributed by atoms with Gasteiger partial charge in [0.15, 0.2) is 0 Å². The van der Waals surface area contributed by atoms with Crippen LogP contribution in [0.2, 0.25) is 0 Å². The zero-order chi connectivity index (χ0) is 20.4. The highest BCUT2D eigenvalue weighted by Crippen LogP contribution is 2.19. The number of fused-ring (bicyclic) bond motifs is 2. The predicted octanol–water partition coefficient (Wildman–Crippen LogP) is 1.76. The lowest BCUT2D eigenvalue weighted by Gasteiger charge is -2.14. The van der Waals surface area contributed by atoms with E-state index >= 15 is 0 Å². The third-order valence-electron chi connectivity index (χ3n) is 4.84. The lowest BCUT2D eigenvalue weighted by Crippen LogP contribution is -2.43. The molecule has 0 spiro atoms. The van der Waals surface area contributed by atoms with Crippen LogP contribution in [0.15, 0.2) is 59.5 Å². The van der Waals surface area contributed by atoms with Gasteiger partial charge < -0.3 is 15.4 Å². The minimum absolute atomic E-state index is 0.144. The number of hydrogen-bond donors (Lipinski definition) is 4. The molecule has 0 saturated heterocycles. The second-order valence-corrected chi connectivity index (χ2v) is 6.74. The summed E-state index contributed by atoms with van der Waals surface area (Å²) in [4.78, 5) is 39.2. The number of hydrogen-bond acceptors (Lipinski definition) is 4. The largest absolute Gasteiger partial charge is 0.480 e. The molecule has 29 heavy (non-hydrogen) atoms. The highest BCUT2D eigenvalue weighted by molar-refractivity contribution is 5.90. The van der Waals surface area contributed by atoms with Crippen molar-refractivity contribution in [2.24, 2.45) is 0 Å². The first-order chi connectivity index (χ1) is 14.0. The van der Waals surface area contributed by atoms with E-state index in [1.165, 1.54) is 0 Å². The number of carboxylic acid groups (broad SMARTS) is 1. The summed E-state index contributed by atoms with van der Waals surface area (Å²) < 4.78 is 0. The normalized spacial score (nSPS) is 12.1. The summed E-state index contributed by atoms with van der Waals surface area (Å²) in [5.74, 6) is -1.61. The maximum atomic E-state index is 12.5. The summed E-state index contributed by atoms with van der Waals surface area (Å²) >= 11 is 0. The van der Waals surface area contributed by atoms with Crippen molar-refractivity contribution in [3.63, 3.8) is 0 Å². The molecule has 146 valence electrons. The number of carbonyl (C=O) groups is 2. The fourth-order valence-corrected chi connectivity index (χ4v) is 3.42. The second kappa shape index (κ2) is 7.59. The lowest BCUT2D eigenvalue weighted by atomic mass is 10.0. The summed E-state index contributed by atoms with van der Waals surface area (Å²) in [6.45, 7) is 0. The van der Waals surface area contributed by atoms with Gasteiger partial charge in [0.05, 0.1) is 17.5 Å². The number of nitrogens with zero attached hydrogens (tertiary/aromatic N) is 1. The Morgan fingerprint density at radius 3 is 2.48 bits per heavy atom. The van der Waals surface area contributed by atoms with Gasteiger partial charge in [-0.25, -0.2) is 9.89 Å². The molecular formula is C21H18N4O4. The van der Waals surface area contributed by atoms with Gasteiger partial charge >= 0.3 is 5.97 Å². The lowest BCUT2D eigenvalue weighted by molar-refractivity contribution is -0.141. The topological polar surface area (TPSA) is 128 Å². The summed E-state index contributed by atoms with van der Waals surface area (Å²) in [5.41, 5.74) is 1.75. The van der Waals surface area contributed by atoms with Gasteiger partial charge in [0.25, 0.3) is 5.56 Å². The van der Waals surface area contributed by atoms with Crippen molar-refractivity contribution in [3.05, 3.63) is 76.3 Å². The van der Waals surface area contributed by atoms with E-state index in [9.17, 15) is 19.5 Å². The predicted molar refractivity (Wildman–Crippen MR) is 108 cm³/mol. The molecule has 2 heterocycles. The number of carbonyl (C=O) groups excluding carboxylic acids is 1. The molecule has 0 aliphatic carbocycles. The average Bonchev–Trinajstić information content (AvgIpc) is 3.13. The second-order valence-electron chi connectivity index (χ2n) is 6.74. The molecule has 8 heteroatoms. The standard InChI is InChI=1S/C21H18N4O4/c26-19(10-17-14-6-1-2-7-15(14)20(27)25-24-17)23-18(21(28)29)9-12-11-22-16-8-4-3-5-13(12)16/h1-8,11,18,22H,9-10H2,(H,23,26)(H,25,27)(H,28,29). The van der Waals surface area contributed by atoms with Gasteiger partial charge in [0.1, 0.15) is 6.04 Å². The van der Waals surface area contributed by atoms with E-state index in [4.69, 9.17) is 0 Å². The van der Waals surface area contributed by atoms with Crippen molar-refractivity contribution in [1.29, 1.82) is 0 Å². The van der Waals surface area contributed by atoms with Crippen molar-refractivity contribution >= 4 is 33.6 Å². The molecule has 4 rings (SSSR count). The van der Waals surface area contributed by atoms with E-state index in [0.29, 0.717) is 16.5 Å². The van der Waals surface area contributed by atoms with Crippen LogP contribution in [0, 0.1) is 0 Å². The number of benzene rings is 2. The van der Waals surface area contributed by atoms with Gasteiger partial charge in [-0.3, -0.25) is 9.59 Å². The Bertz CT molecular complexity index is 1270.